The Balaban J connectivity index is 2.49. The largest absolute Gasteiger partial charge is 0.491 e. The molecule has 130 valence electrons. The second kappa shape index (κ2) is 10.2. The summed E-state index contributed by atoms with van der Waals surface area (Å²) in [5.41, 5.74) is 0.857. The number of nitrogens with zero attached hydrogens (tertiary/aromatic N) is 1. The van der Waals surface area contributed by atoms with Crippen LogP contribution in [0.1, 0.15) is 51.7 Å². The van der Waals surface area contributed by atoms with Gasteiger partial charge in [-0.2, -0.15) is 0 Å². The molecule has 5 heteroatoms. The number of aliphatic carboxylic acids is 1. The van der Waals surface area contributed by atoms with Crippen molar-refractivity contribution in [2.24, 2.45) is 0 Å². The highest BCUT2D eigenvalue weighted by Gasteiger charge is 2.12. The van der Waals surface area contributed by atoms with Crippen molar-refractivity contribution in [3.8, 4) is 5.75 Å². The maximum absolute atomic E-state index is 10.7. The van der Waals surface area contributed by atoms with Gasteiger partial charge in [-0.1, -0.05) is 19.1 Å². The zero-order valence-electron chi connectivity index (χ0n) is 14.4. The first-order chi connectivity index (χ1) is 10.9. The fourth-order valence-electron chi connectivity index (χ4n) is 2.42. The summed E-state index contributed by atoms with van der Waals surface area (Å²) >= 11 is 0. The molecule has 0 radical (unpaired) electrons. The first-order valence-corrected chi connectivity index (χ1v) is 8.31. The molecular weight excluding hydrogens is 294 g/mol. The minimum Gasteiger partial charge on any atom is -0.491 e. The van der Waals surface area contributed by atoms with Gasteiger partial charge in [0.05, 0.1) is 18.6 Å². The molecule has 0 saturated heterocycles. The molecule has 0 amide bonds. The maximum atomic E-state index is 10.7. The number of carboxylic acids is 1. The summed E-state index contributed by atoms with van der Waals surface area (Å²) in [6, 6.07) is 7.49. The van der Waals surface area contributed by atoms with Gasteiger partial charge in [0.2, 0.25) is 0 Å². The Labute approximate surface area is 138 Å². The third kappa shape index (κ3) is 8.00. The lowest BCUT2D eigenvalue weighted by molar-refractivity contribution is -0.137. The molecule has 5 nitrogen and oxygen atoms in total. The molecule has 0 aliphatic heterocycles. The van der Waals surface area contributed by atoms with Crippen molar-refractivity contribution in [1.82, 2.24) is 4.90 Å². The quantitative estimate of drug-likeness (QED) is 0.655. The molecule has 0 aliphatic carbocycles. The van der Waals surface area contributed by atoms with Crippen LogP contribution in [0, 0.1) is 0 Å². The normalized spacial score (nSPS) is 12.6. The molecule has 1 aromatic rings. The first-order valence-electron chi connectivity index (χ1n) is 8.31. The van der Waals surface area contributed by atoms with E-state index in [-0.39, 0.29) is 12.5 Å². The molecule has 1 atom stereocenters. The smallest absolute Gasteiger partial charge is 0.304 e. The Morgan fingerprint density at radius 3 is 2.35 bits per heavy atom. The maximum Gasteiger partial charge on any atom is 0.304 e. The van der Waals surface area contributed by atoms with Crippen molar-refractivity contribution in [1.29, 1.82) is 0 Å². The molecule has 0 heterocycles. The molecule has 0 aromatic heterocycles. The average Bonchev–Trinajstić information content (AvgIpc) is 2.49. The number of carboxylic acid groups (broad SMARTS) is 1. The van der Waals surface area contributed by atoms with E-state index < -0.39 is 12.1 Å². The summed E-state index contributed by atoms with van der Waals surface area (Å²) in [6.07, 6.45) is 1.27. The second-order valence-corrected chi connectivity index (χ2v) is 6.03. The lowest BCUT2D eigenvalue weighted by Crippen LogP contribution is -2.29. The van der Waals surface area contributed by atoms with Gasteiger partial charge >= 0.3 is 5.97 Å². The third-order valence-electron chi connectivity index (χ3n) is 3.54. The standard InChI is InChI=1S/C18H29NO4/c1-4-11-19(13-10-18(21)22)12-9-17(20)15-5-7-16(8-6-15)23-14(2)3/h5-8,14,17,20H,4,9-13H2,1-3H3,(H,21,22). The molecule has 0 aliphatic rings. The fraction of sp³-hybridized carbons (Fsp3) is 0.611. The monoisotopic (exact) mass is 323 g/mol. The molecule has 1 rings (SSSR count). The zero-order valence-corrected chi connectivity index (χ0v) is 14.4. The summed E-state index contributed by atoms with van der Waals surface area (Å²) in [5.74, 6) is 0.0115. The third-order valence-corrected chi connectivity index (χ3v) is 3.54. The van der Waals surface area contributed by atoms with Crippen LogP contribution >= 0.6 is 0 Å². The number of ether oxygens (including phenoxy) is 1. The zero-order chi connectivity index (χ0) is 17.2. The molecule has 0 saturated carbocycles. The Kier molecular flexibility index (Phi) is 8.66. The number of aliphatic hydroxyl groups excluding tert-OH is 1. The van der Waals surface area contributed by atoms with Crippen molar-refractivity contribution in [2.45, 2.75) is 52.2 Å². The van der Waals surface area contributed by atoms with Crippen LogP contribution in [-0.2, 0) is 4.79 Å². The van der Waals surface area contributed by atoms with Gasteiger partial charge in [0, 0.05) is 13.1 Å². The van der Waals surface area contributed by atoms with Crippen molar-refractivity contribution >= 4 is 5.97 Å². The Morgan fingerprint density at radius 2 is 1.83 bits per heavy atom. The van der Waals surface area contributed by atoms with Gasteiger partial charge in [0.25, 0.3) is 0 Å². The molecule has 0 bridgehead atoms. The van der Waals surface area contributed by atoms with E-state index in [9.17, 15) is 9.90 Å². The molecule has 2 N–H and O–H groups in total. The van der Waals surface area contributed by atoms with Crippen LogP contribution in [0.5, 0.6) is 5.75 Å². The molecule has 0 spiro atoms. The summed E-state index contributed by atoms with van der Waals surface area (Å²) in [6.45, 7) is 8.08. The van der Waals surface area contributed by atoms with E-state index in [0.717, 1.165) is 24.3 Å². The van der Waals surface area contributed by atoms with Crippen molar-refractivity contribution < 1.29 is 19.7 Å². The minimum atomic E-state index is -0.785. The summed E-state index contributed by atoms with van der Waals surface area (Å²) in [4.78, 5) is 12.8. The minimum absolute atomic E-state index is 0.127. The van der Waals surface area contributed by atoms with Gasteiger partial charge < -0.3 is 19.8 Å². The van der Waals surface area contributed by atoms with E-state index in [1.54, 1.807) is 0 Å². The first kappa shape index (κ1) is 19.5. The highest BCUT2D eigenvalue weighted by Crippen LogP contribution is 2.21. The lowest BCUT2D eigenvalue weighted by Gasteiger charge is -2.22. The van der Waals surface area contributed by atoms with Crippen LogP contribution in [0.3, 0.4) is 0 Å². The highest BCUT2D eigenvalue weighted by molar-refractivity contribution is 5.66. The molecule has 1 unspecified atom stereocenters. The van der Waals surface area contributed by atoms with E-state index in [1.807, 2.05) is 38.1 Å². The molecule has 1 aromatic carbocycles. The topological polar surface area (TPSA) is 70.0 Å². The fourth-order valence-corrected chi connectivity index (χ4v) is 2.42. The van der Waals surface area contributed by atoms with Gasteiger partial charge in [0.15, 0.2) is 0 Å². The van der Waals surface area contributed by atoms with Crippen LogP contribution in [0.4, 0.5) is 0 Å². The van der Waals surface area contributed by atoms with Crippen molar-refractivity contribution in [2.75, 3.05) is 19.6 Å². The predicted octanol–water partition coefficient (Wildman–Crippen LogP) is 3.08. The lowest BCUT2D eigenvalue weighted by atomic mass is 10.1. The van der Waals surface area contributed by atoms with Crippen LogP contribution in [-0.4, -0.2) is 46.8 Å². The van der Waals surface area contributed by atoms with Crippen molar-refractivity contribution in [3.63, 3.8) is 0 Å². The number of hydrogen-bond donors (Lipinski definition) is 2. The Morgan fingerprint density at radius 1 is 1.17 bits per heavy atom. The molecule has 0 fully saturated rings. The van der Waals surface area contributed by atoms with E-state index in [1.165, 1.54) is 0 Å². The highest BCUT2D eigenvalue weighted by atomic mass is 16.5. The number of hydrogen-bond acceptors (Lipinski definition) is 4. The van der Waals surface area contributed by atoms with E-state index in [2.05, 4.69) is 11.8 Å². The average molecular weight is 323 g/mol. The van der Waals surface area contributed by atoms with Crippen LogP contribution < -0.4 is 4.74 Å². The summed E-state index contributed by atoms with van der Waals surface area (Å²) in [7, 11) is 0. The van der Waals surface area contributed by atoms with Crippen LogP contribution in [0.2, 0.25) is 0 Å². The van der Waals surface area contributed by atoms with Gasteiger partial charge in [-0.15, -0.1) is 0 Å². The number of aliphatic hydroxyl groups is 1. The number of rotatable bonds is 11. The van der Waals surface area contributed by atoms with E-state index in [0.29, 0.717) is 19.5 Å². The van der Waals surface area contributed by atoms with Gasteiger partial charge in [-0.3, -0.25) is 4.79 Å². The summed E-state index contributed by atoms with van der Waals surface area (Å²) in [5, 5.41) is 19.1. The summed E-state index contributed by atoms with van der Waals surface area (Å²) < 4.78 is 5.59. The second-order valence-electron chi connectivity index (χ2n) is 6.03. The number of benzene rings is 1. The SMILES string of the molecule is CCCN(CCC(=O)O)CCC(O)c1ccc(OC(C)C)cc1. The molecule has 23 heavy (non-hydrogen) atoms. The van der Waals surface area contributed by atoms with Gasteiger partial charge in [-0.25, -0.2) is 0 Å². The Bertz CT molecular complexity index is 459. The number of carbonyl (C=O) groups is 1. The van der Waals surface area contributed by atoms with Crippen LogP contribution in [0.25, 0.3) is 0 Å². The van der Waals surface area contributed by atoms with E-state index >= 15 is 0 Å². The van der Waals surface area contributed by atoms with E-state index in [4.69, 9.17) is 9.84 Å². The Hall–Kier alpha value is -1.59. The molecular formula is C18H29NO4. The predicted molar refractivity (Wildman–Crippen MR) is 90.8 cm³/mol. The van der Waals surface area contributed by atoms with Crippen LogP contribution in [0.15, 0.2) is 24.3 Å². The van der Waals surface area contributed by atoms with Crippen molar-refractivity contribution in [3.05, 3.63) is 29.8 Å². The van der Waals surface area contributed by atoms with Gasteiger partial charge in [-0.05, 0) is 50.9 Å². The van der Waals surface area contributed by atoms with Gasteiger partial charge in [0.1, 0.15) is 5.75 Å².